The molecule has 0 spiro atoms. The molecular weight excluding hydrogens is 202 g/mol. The first-order valence-electron chi connectivity index (χ1n) is 4.28. The Kier molecular flexibility index (Phi) is 6.28. The Bertz CT molecular complexity index is 251. The van der Waals surface area contributed by atoms with Crippen molar-refractivity contribution in [2.24, 2.45) is 5.73 Å². The third-order valence-electron chi connectivity index (χ3n) is 1.98. The van der Waals surface area contributed by atoms with Gasteiger partial charge >= 0.3 is 0 Å². The normalized spacial score (nSPS) is 11.6. The summed E-state index contributed by atoms with van der Waals surface area (Å²) >= 11 is 0. The van der Waals surface area contributed by atoms with Crippen LogP contribution >= 0.6 is 12.4 Å². The third kappa shape index (κ3) is 3.54. The van der Waals surface area contributed by atoms with Crippen LogP contribution in [-0.4, -0.2) is 18.8 Å². The minimum absolute atomic E-state index is 0. The molecule has 14 heavy (non-hydrogen) atoms. The molecule has 0 aliphatic carbocycles. The Morgan fingerprint density at radius 2 is 1.93 bits per heavy atom. The van der Waals surface area contributed by atoms with Crippen molar-refractivity contribution < 1.29 is 9.84 Å². The van der Waals surface area contributed by atoms with Gasteiger partial charge in [-0.25, -0.2) is 0 Å². The van der Waals surface area contributed by atoms with Crippen molar-refractivity contribution in [2.75, 3.05) is 13.7 Å². The summed E-state index contributed by atoms with van der Waals surface area (Å²) in [6.07, 6.45) is 0.590. The zero-order valence-electron chi connectivity index (χ0n) is 8.14. The lowest BCUT2D eigenvalue weighted by Crippen LogP contribution is -2.11. The van der Waals surface area contributed by atoms with E-state index in [0.717, 1.165) is 11.3 Å². The molecule has 0 radical (unpaired) electrons. The molecule has 1 rings (SSSR count). The standard InChI is InChI=1S/C10H15NO2.ClH/c1-13-9-4-2-8(3-5-9)10(11)6-7-12;/h2-5,10,12H,6-7,11H2,1H3;1H/t10-;/m1./s1. The lowest BCUT2D eigenvalue weighted by molar-refractivity contribution is 0.276. The number of ether oxygens (including phenoxy) is 1. The molecule has 1 atom stereocenters. The number of benzene rings is 1. The van der Waals surface area contributed by atoms with Gasteiger partial charge < -0.3 is 15.6 Å². The fraction of sp³-hybridized carbons (Fsp3) is 0.400. The van der Waals surface area contributed by atoms with E-state index in [1.54, 1.807) is 7.11 Å². The smallest absolute Gasteiger partial charge is 0.118 e. The van der Waals surface area contributed by atoms with E-state index in [4.69, 9.17) is 15.6 Å². The van der Waals surface area contributed by atoms with Gasteiger partial charge in [0, 0.05) is 12.6 Å². The Hall–Kier alpha value is -0.770. The van der Waals surface area contributed by atoms with Crippen molar-refractivity contribution in [3.63, 3.8) is 0 Å². The first-order valence-corrected chi connectivity index (χ1v) is 4.28. The fourth-order valence-electron chi connectivity index (χ4n) is 1.16. The quantitative estimate of drug-likeness (QED) is 0.804. The highest BCUT2D eigenvalue weighted by atomic mass is 35.5. The summed E-state index contributed by atoms with van der Waals surface area (Å²) < 4.78 is 5.02. The van der Waals surface area contributed by atoms with E-state index in [-0.39, 0.29) is 25.1 Å². The lowest BCUT2D eigenvalue weighted by atomic mass is 10.1. The molecule has 4 heteroatoms. The van der Waals surface area contributed by atoms with Gasteiger partial charge in [0.15, 0.2) is 0 Å². The summed E-state index contributed by atoms with van der Waals surface area (Å²) in [5.74, 6) is 0.819. The Labute approximate surface area is 90.3 Å². The SMILES string of the molecule is COc1ccc([C@H](N)CCO)cc1.Cl. The average molecular weight is 218 g/mol. The number of hydrogen-bond acceptors (Lipinski definition) is 3. The topological polar surface area (TPSA) is 55.5 Å². The molecule has 0 amide bonds. The van der Waals surface area contributed by atoms with E-state index < -0.39 is 0 Å². The highest BCUT2D eigenvalue weighted by Gasteiger charge is 2.04. The van der Waals surface area contributed by atoms with Gasteiger partial charge in [0.25, 0.3) is 0 Å². The zero-order valence-corrected chi connectivity index (χ0v) is 8.96. The molecule has 0 saturated carbocycles. The third-order valence-corrected chi connectivity index (χ3v) is 1.98. The van der Waals surface area contributed by atoms with E-state index >= 15 is 0 Å². The highest BCUT2D eigenvalue weighted by molar-refractivity contribution is 5.85. The molecule has 3 N–H and O–H groups in total. The van der Waals surface area contributed by atoms with E-state index in [0.29, 0.717) is 6.42 Å². The van der Waals surface area contributed by atoms with Crippen molar-refractivity contribution >= 4 is 12.4 Å². The lowest BCUT2D eigenvalue weighted by Gasteiger charge is -2.10. The Morgan fingerprint density at radius 1 is 1.36 bits per heavy atom. The van der Waals surface area contributed by atoms with Crippen LogP contribution in [0.3, 0.4) is 0 Å². The minimum Gasteiger partial charge on any atom is -0.497 e. The summed E-state index contributed by atoms with van der Waals surface area (Å²) in [5, 5.41) is 8.69. The van der Waals surface area contributed by atoms with E-state index in [9.17, 15) is 0 Å². The number of aliphatic hydroxyl groups is 1. The molecule has 0 heterocycles. The van der Waals surface area contributed by atoms with E-state index in [1.165, 1.54) is 0 Å². The second kappa shape index (κ2) is 6.65. The van der Waals surface area contributed by atoms with E-state index in [1.807, 2.05) is 24.3 Å². The molecule has 1 aromatic carbocycles. The molecular formula is C10H16ClNO2. The monoisotopic (exact) mass is 217 g/mol. The highest BCUT2D eigenvalue weighted by Crippen LogP contribution is 2.17. The van der Waals surface area contributed by atoms with Gasteiger partial charge in [0.2, 0.25) is 0 Å². The minimum atomic E-state index is -0.0871. The van der Waals surface area contributed by atoms with Gasteiger partial charge in [0.1, 0.15) is 5.75 Å². The maximum atomic E-state index is 8.69. The van der Waals surface area contributed by atoms with Crippen LogP contribution in [0.5, 0.6) is 5.75 Å². The molecule has 1 aromatic rings. The Morgan fingerprint density at radius 3 is 2.36 bits per heavy atom. The van der Waals surface area contributed by atoms with Crippen LogP contribution in [-0.2, 0) is 0 Å². The van der Waals surface area contributed by atoms with Crippen LogP contribution in [0, 0.1) is 0 Å². The predicted molar refractivity (Wildman–Crippen MR) is 58.9 cm³/mol. The average Bonchev–Trinajstić information content (AvgIpc) is 2.18. The van der Waals surface area contributed by atoms with Gasteiger partial charge in [-0.2, -0.15) is 0 Å². The van der Waals surface area contributed by atoms with Gasteiger partial charge in [-0.3, -0.25) is 0 Å². The van der Waals surface area contributed by atoms with Crippen molar-refractivity contribution in [1.29, 1.82) is 0 Å². The van der Waals surface area contributed by atoms with Gasteiger partial charge in [0.05, 0.1) is 7.11 Å². The fourth-order valence-corrected chi connectivity index (χ4v) is 1.16. The Balaban J connectivity index is 0.00000169. The van der Waals surface area contributed by atoms with Gasteiger partial charge in [-0.15, -0.1) is 12.4 Å². The first kappa shape index (κ1) is 13.2. The van der Waals surface area contributed by atoms with Crippen LogP contribution in [0.25, 0.3) is 0 Å². The summed E-state index contributed by atoms with van der Waals surface area (Å²) in [6.45, 7) is 0.118. The number of aliphatic hydroxyl groups excluding tert-OH is 1. The van der Waals surface area contributed by atoms with Gasteiger partial charge in [-0.1, -0.05) is 12.1 Å². The molecule has 80 valence electrons. The van der Waals surface area contributed by atoms with Crippen molar-refractivity contribution in [2.45, 2.75) is 12.5 Å². The van der Waals surface area contributed by atoms with Crippen LogP contribution in [0.2, 0.25) is 0 Å². The van der Waals surface area contributed by atoms with Crippen molar-refractivity contribution in [1.82, 2.24) is 0 Å². The second-order valence-corrected chi connectivity index (χ2v) is 2.89. The summed E-state index contributed by atoms with van der Waals surface area (Å²) in [7, 11) is 1.63. The maximum absolute atomic E-state index is 8.69. The van der Waals surface area contributed by atoms with Crippen LogP contribution in [0.1, 0.15) is 18.0 Å². The molecule has 3 nitrogen and oxygen atoms in total. The molecule has 0 unspecified atom stereocenters. The second-order valence-electron chi connectivity index (χ2n) is 2.89. The predicted octanol–water partition coefficient (Wildman–Crippen LogP) is 1.50. The molecule has 0 bridgehead atoms. The van der Waals surface area contributed by atoms with Crippen LogP contribution in [0.15, 0.2) is 24.3 Å². The number of nitrogens with two attached hydrogens (primary N) is 1. The molecule has 0 aliphatic rings. The number of methoxy groups -OCH3 is 1. The van der Waals surface area contributed by atoms with Crippen molar-refractivity contribution in [3.8, 4) is 5.75 Å². The number of hydrogen-bond donors (Lipinski definition) is 2. The van der Waals surface area contributed by atoms with Gasteiger partial charge in [-0.05, 0) is 24.1 Å². The summed E-state index contributed by atoms with van der Waals surface area (Å²) in [6, 6.07) is 7.48. The molecule has 0 fully saturated rings. The van der Waals surface area contributed by atoms with E-state index in [2.05, 4.69) is 0 Å². The number of rotatable bonds is 4. The number of halogens is 1. The van der Waals surface area contributed by atoms with Crippen LogP contribution in [0.4, 0.5) is 0 Å². The summed E-state index contributed by atoms with van der Waals surface area (Å²) in [5.41, 5.74) is 6.82. The first-order chi connectivity index (χ1) is 6.27. The zero-order chi connectivity index (χ0) is 9.68. The largest absolute Gasteiger partial charge is 0.497 e. The molecule has 0 aliphatic heterocycles. The molecule has 0 aromatic heterocycles. The summed E-state index contributed by atoms with van der Waals surface area (Å²) in [4.78, 5) is 0. The van der Waals surface area contributed by atoms with Crippen molar-refractivity contribution in [3.05, 3.63) is 29.8 Å². The molecule has 0 saturated heterocycles. The maximum Gasteiger partial charge on any atom is 0.118 e. The van der Waals surface area contributed by atoms with Crippen LogP contribution < -0.4 is 10.5 Å².